The first kappa shape index (κ1) is 15.4. The van der Waals surface area contributed by atoms with Crippen LogP contribution in [0.1, 0.15) is 12.5 Å². The zero-order chi connectivity index (χ0) is 16.1. The van der Waals surface area contributed by atoms with Gasteiger partial charge in [-0.05, 0) is 42.8 Å². The molecule has 0 aliphatic carbocycles. The fourth-order valence-corrected chi connectivity index (χ4v) is 1.94. The third kappa shape index (κ3) is 4.24. The highest BCUT2D eigenvalue weighted by Crippen LogP contribution is 2.20. The lowest BCUT2D eigenvalue weighted by atomic mass is 10.2. The first-order valence-electron chi connectivity index (χ1n) is 6.76. The Hall–Kier alpha value is -3.02. The number of carbonyl (C=O) groups is 2. The molecule has 22 heavy (non-hydrogen) atoms. The minimum atomic E-state index is -0.405. The molecule has 0 heterocycles. The van der Waals surface area contributed by atoms with Crippen molar-refractivity contribution in [1.29, 1.82) is 0 Å². The Labute approximate surface area is 128 Å². The van der Waals surface area contributed by atoms with E-state index in [0.717, 1.165) is 5.56 Å². The number of carbonyl (C=O) groups excluding carboxylic acids is 2. The number of urea groups is 1. The summed E-state index contributed by atoms with van der Waals surface area (Å²) in [5.41, 5.74) is 9.04. The van der Waals surface area contributed by atoms with Gasteiger partial charge in [0.2, 0.25) is 5.91 Å². The zero-order valence-electron chi connectivity index (χ0n) is 12.4. The van der Waals surface area contributed by atoms with Crippen molar-refractivity contribution < 1.29 is 9.59 Å². The van der Waals surface area contributed by atoms with Gasteiger partial charge in [0.15, 0.2) is 0 Å². The van der Waals surface area contributed by atoms with Gasteiger partial charge in [0, 0.05) is 18.3 Å². The molecule has 0 saturated carbocycles. The number of hydrogen-bond acceptors (Lipinski definition) is 3. The fraction of sp³-hybridized carbons (Fsp3) is 0.125. The molecule has 2 aromatic rings. The normalized spacial score (nSPS) is 9.91. The van der Waals surface area contributed by atoms with E-state index in [9.17, 15) is 9.59 Å². The molecule has 0 aromatic heterocycles. The van der Waals surface area contributed by atoms with E-state index in [2.05, 4.69) is 16.0 Å². The standard InChI is InChI=1S/C16H18N4O2/c1-10-6-7-14(17)15(8-10)20-16(22)19-13-5-3-4-12(9-13)18-11(2)21/h3-9H,17H2,1-2H3,(H,18,21)(H2,19,20,22). The summed E-state index contributed by atoms with van der Waals surface area (Å²) in [5, 5.41) is 8.05. The summed E-state index contributed by atoms with van der Waals surface area (Å²) in [6.45, 7) is 3.34. The van der Waals surface area contributed by atoms with Crippen LogP contribution >= 0.6 is 0 Å². The first-order valence-corrected chi connectivity index (χ1v) is 6.76. The van der Waals surface area contributed by atoms with Gasteiger partial charge in [0.25, 0.3) is 0 Å². The lowest BCUT2D eigenvalue weighted by molar-refractivity contribution is -0.114. The number of aryl methyl sites for hydroxylation is 1. The van der Waals surface area contributed by atoms with E-state index in [1.54, 1.807) is 36.4 Å². The molecule has 0 radical (unpaired) electrons. The number of hydrogen-bond donors (Lipinski definition) is 4. The molecule has 6 heteroatoms. The smallest absolute Gasteiger partial charge is 0.323 e. The van der Waals surface area contributed by atoms with Crippen LogP contribution in [-0.4, -0.2) is 11.9 Å². The van der Waals surface area contributed by atoms with Crippen molar-refractivity contribution in [1.82, 2.24) is 0 Å². The van der Waals surface area contributed by atoms with Crippen molar-refractivity contribution in [2.24, 2.45) is 0 Å². The van der Waals surface area contributed by atoms with Gasteiger partial charge < -0.3 is 21.7 Å². The quantitative estimate of drug-likeness (QED) is 0.655. The van der Waals surface area contributed by atoms with E-state index in [1.807, 2.05) is 13.0 Å². The van der Waals surface area contributed by atoms with Crippen molar-refractivity contribution in [2.75, 3.05) is 21.7 Å². The number of rotatable bonds is 3. The van der Waals surface area contributed by atoms with E-state index in [1.165, 1.54) is 6.92 Å². The highest BCUT2D eigenvalue weighted by molar-refractivity contribution is 6.02. The van der Waals surface area contributed by atoms with Crippen LogP contribution in [-0.2, 0) is 4.79 Å². The predicted molar refractivity (Wildman–Crippen MR) is 89.0 cm³/mol. The van der Waals surface area contributed by atoms with E-state index < -0.39 is 6.03 Å². The number of nitrogens with one attached hydrogen (secondary N) is 3. The van der Waals surface area contributed by atoms with Gasteiger partial charge in [-0.3, -0.25) is 4.79 Å². The second kappa shape index (κ2) is 6.62. The van der Waals surface area contributed by atoms with E-state index in [-0.39, 0.29) is 5.91 Å². The van der Waals surface area contributed by atoms with E-state index >= 15 is 0 Å². The van der Waals surface area contributed by atoms with Gasteiger partial charge in [0.05, 0.1) is 11.4 Å². The van der Waals surface area contributed by atoms with Crippen LogP contribution in [0.4, 0.5) is 27.5 Å². The van der Waals surface area contributed by atoms with Crippen LogP contribution in [0, 0.1) is 6.92 Å². The topological polar surface area (TPSA) is 96.2 Å². The molecule has 2 aromatic carbocycles. The second-order valence-corrected chi connectivity index (χ2v) is 4.93. The van der Waals surface area contributed by atoms with Gasteiger partial charge in [0.1, 0.15) is 0 Å². The zero-order valence-corrected chi connectivity index (χ0v) is 12.4. The van der Waals surface area contributed by atoms with Gasteiger partial charge in [-0.15, -0.1) is 0 Å². The van der Waals surface area contributed by atoms with Crippen LogP contribution < -0.4 is 21.7 Å². The first-order chi connectivity index (χ1) is 10.4. The summed E-state index contributed by atoms with van der Waals surface area (Å²) in [6, 6.07) is 11.9. The van der Waals surface area contributed by atoms with Crippen LogP contribution in [0.2, 0.25) is 0 Å². The average Bonchev–Trinajstić information content (AvgIpc) is 2.42. The molecule has 0 saturated heterocycles. The van der Waals surface area contributed by atoms with Crippen LogP contribution in [0.5, 0.6) is 0 Å². The van der Waals surface area contributed by atoms with Crippen LogP contribution in [0.25, 0.3) is 0 Å². The molecule has 0 spiro atoms. The summed E-state index contributed by atoms with van der Waals surface area (Å²) in [5.74, 6) is -0.172. The van der Waals surface area contributed by atoms with E-state index in [4.69, 9.17) is 5.73 Å². The van der Waals surface area contributed by atoms with Crippen molar-refractivity contribution in [3.05, 3.63) is 48.0 Å². The molecule has 0 aliphatic rings. The Morgan fingerprint density at radius 2 is 1.64 bits per heavy atom. The highest BCUT2D eigenvalue weighted by Gasteiger charge is 2.06. The predicted octanol–water partition coefficient (Wildman–Crippen LogP) is 3.18. The average molecular weight is 298 g/mol. The molecule has 2 rings (SSSR count). The molecule has 0 fully saturated rings. The molecule has 5 N–H and O–H groups in total. The Kier molecular flexibility index (Phi) is 4.63. The summed E-state index contributed by atoms with van der Waals surface area (Å²) >= 11 is 0. The van der Waals surface area contributed by atoms with Gasteiger partial charge in [-0.2, -0.15) is 0 Å². The lowest BCUT2D eigenvalue weighted by Gasteiger charge is -2.11. The Morgan fingerprint density at radius 1 is 0.955 bits per heavy atom. The molecule has 114 valence electrons. The minimum Gasteiger partial charge on any atom is -0.397 e. The minimum absolute atomic E-state index is 0.172. The summed E-state index contributed by atoms with van der Waals surface area (Å²) in [6.07, 6.45) is 0. The summed E-state index contributed by atoms with van der Waals surface area (Å²) in [7, 11) is 0. The van der Waals surface area contributed by atoms with Crippen molar-refractivity contribution in [3.63, 3.8) is 0 Å². The SMILES string of the molecule is CC(=O)Nc1cccc(NC(=O)Nc2cc(C)ccc2N)c1. The molecule has 0 unspecified atom stereocenters. The Bertz CT molecular complexity index is 713. The number of anilines is 4. The maximum Gasteiger partial charge on any atom is 0.323 e. The Balaban J connectivity index is 2.05. The van der Waals surface area contributed by atoms with Gasteiger partial charge >= 0.3 is 6.03 Å². The Morgan fingerprint density at radius 3 is 2.32 bits per heavy atom. The summed E-state index contributed by atoms with van der Waals surface area (Å²) < 4.78 is 0. The highest BCUT2D eigenvalue weighted by atomic mass is 16.2. The van der Waals surface area contributed by atoms with Gasteiger partial charge in [-0.1, -0.05) is 12.1 Å². The molecule has 0 atom stereocenters. The van der Waals surface area contributed by atoms with Crippen LogP contribution in [0.3, 0.4) is 0 Å². The monoisotopic (exact) mass is 298 g/mol. The van der Waals surface area contributed by atoms with Crippen molar-refractivity contribution in [2.45, 2.75) is 13.8 Å². The van der Waals surface area contributed by atoms with E-state index in [0.29, 0.717) is 22.7 Å². The summed E-state index contributed by atoms with van der Waals surface area (Å²) in [4.78, 5) is 23.0. The molecule has 0 bridgehead atoms. The third-order valence-corrected chi connectivity index (χ3v) is 2.90. The molecular formula is C16H18N4O2. The fourth-order valence-electron chi connectivity index (χ4n) is 1.94. The maximum atomic E-state index is 12.0. The van der Waals surface area contributed by atoms with Gasteiger partial charge in [-0.25, -0.2) is 4.79 Å². The number of nitrogen functional groups attached to an aromatic ring is 1. The van der Waals surface area contributed by atoms with Crippen molar-refractivity contribution >= 4 is 34.7 Å². The number of benzene rings is 2. The second-order valence-electron chi connectivity index (χ2n) is 4.93. The largest absolute Gasteiger partial charge is 0.397 e. The third-order valence-electron chi connectivity index (χ3n) is 2.90. The van der Waals surface area contributed by atoms with Crippen molar-refractivity contribution in [3.8, 4) is 0 Å². The molecule has 3 amide bonds. The maximum absolute atomic E-state index is 12.0. The number of amides is 3. The molecule has 6 nitrogen and oxygen atoms in total. The molecule has 0 aliphatic heterocycles. The number of nitrogens with two attached hydrogens (primary N) is 1. The molecular weight excluding hydrogens is 280 g/mol. The lowest BCUT2D eigenvalue weighted by Crippen LogP contribution is -2.20. The van der Waals surface area contributed by atoms with Crippen LogP contribution in [0.15, 0.2) is 42.5 Å².